The van der Waals surface area contributed by atoms with Gasteiger partial charge in [-0.2, -0.15) is 0 Å². The molecule has 20 heteroatoms. The van der Waals surface area contributed by atoms with Crippen molar-refractivity contribution in [3.63, 3.8) is 0 Å². The van der Waals surface area contributed by atoms with E-state index in [4.69, 9.17) is 16.2 Å². The Morgan fingerprint density at radius 2 is 1.72 bits per heavy atom. The van der Waals surface area contributed by atoms with Gasteiger partial charge in [-0.05, 0) is 159 Å². The smallest absolute Gasteiger partial charge is 0.314 e. The molecule has 12 rings (SSSR count). The fourth-order valence-electron chi connectivity index (χ4n) is 20.5. The molecule has 2 aliphatic heterocycles. The van der Waals surface area contributed by atoms with Crippen LogP contribution in [0.4, 0.5) is 0 Å². The molecule has 8 aliphatic carbocycles. The number of aliphatic imine (C=N–C) groups is 1. The number of allylic oxidation sites excluding steroid dienone is 5. The Labute approximate surface area is 523 Å². The first-order valence-electron chi connectivity index (χ1n) is 32.3. The topological polar surface area (TPSA) is 335 Å². The number of carbonyl (C=O) groups is 3. The number of aromatic amines is 1. The predicted octanol–water partition coefficient (Wildman–Crippen LogP) is 5.34. The van der Waals surface area contributed by atoms with E-state index in [0.717, 1.165) is 30.4 Å². The molecule has 4 saturated carbocycles. The van der Waals surface area contributed by atoms with Crippen LogP contribution in [-0.4, -0.2) is 147 Å². The van der Waals surface area contributed by atoms with Gasteiger partial charge in [-0.1, -0.05) is 84.2 Å². The standard InChI is InChI=1S/C68H91N5O13S2/c1-5-50-55(53(63(83)86-50)38-18-21-71-29-38)41-8-6-7-37-27-68(85)57-46(65(3)28-49(77)59(79)45-32-88-87-31-39(34-11-14-40(75)15-12-34)25-48(76)47(30-74)73-58(57)60(80)56(45)65)17-19-67(68,20-22-72-64(69)70)61(37)66(4,84)51(78)26-44(62(81)82)52-36-13-16-42(41)54(52)43-23-33(2)9-10-35(43)24-36/h11-16,18,21,24,29,33,36-37,39,41-47,49-56,59,61-62,71,73-75,77-79,81-82,84-85H,5,7,9-10,17,19-20,22-23,25-28,30-32H2,1-4H3,(H4,69,70,72). The van der Waals surface area contributed by atoms with E-state index >= 15 is 4.79 Å². The molecule has 6 fully saturated rings. The molecule has 6 bridgehead atoms. The quantitative estimate of drug-likeness (QED) is 0.0287. The molecule has 0 amide bonds. The maximum Gasteiger partial charge on any atom is 0.314 e. The molecular formula is C68H91N5O13S2. The molecule has 1 aromatic carbocycles. The third kappa shape index (κ3) is 10.5. The fourth-order valence-corrected chi connectivity index (χ4v) is 23.2. The summed E-state index contributed by atoms with van der Waals surface area (Å²) in [6.07, 6.45) is 7.04. The Morgan fingerprint density at radius 3 is 2.42 bits per heavy atom. The van der Waals surface area contributed by atoms with Crippen molar-refractivity contribution in [1.29, 1.82) is 0 Å². The molecule has 25 atom stereocenters. The normalized spacial score (nSPS) is 44.9. The van der Waals surface area contributed by atoms with Gasteiger partial charge in [0.15, 0.2) is 23.8 Å². The van der Waals surface area contributed by atoms with E-state index in [1.165, 1.54) is 27.2 Å². The number of nitrogens with two attached hydrogens (primary N) is 2. The van der Waals surface area contributed by atoms with E-state index in [0.29, 0.717) is 18.1 Å². The highest BCUT2D eigenvalue weighted by atomic mass is 33.1. The first kappa shape index (κ1) is 63.5. The van der Waals surface area contributed by atoms with E-state index in [-0.39, 0.29) is 116 Å². The number of rotatable bonds is 9. The van der Waals surface area contributed by atoms with Crippen molar-refractivity contribution in [3.8, 4) is 17.6 Å². The Morgan fingerprint density at radius 1 is 0.955 bits per heavy atom. The van der Waals surface area contributed by atoms with Crippen molar-refractivity contribution in [2.45, 2.75) is 165 Å². The number of nitrogens with one attached hydrogen (secondary N) is 2. The van der Waals surface area contributed by atoms with Crippen molar-refractivity contribution in [1.82, 2.24) is 10.3 Å². The van der Waals surface area contributed by atoms with Crippen LogP contribution in [0.15, 0.2) is 82.8 Å². The van der Waals surface area contributed by atoms with Gasteiger partial charge in [0.2, 0.25) is 0 Å². The third-order valence-corrected chi connectivity index (χ3v) is 26.7. The summed E-state index contributed by atoms with van der Waals surface area (Å²) in [6, 6.07) is 7.15. The summed E-state index contributed by atoms with van der Waals surface area (Å²) in [6.45, 7) is 7.00. The highest BCUT2D eigenvalue weighted by molar-refractivity contribution is 8.76. The zero-order valence-electron chi connectivity index (χ0n) is 50.9. The number of H-pyrrole nitrogens is 1. The van der Waals surface area contributed by atoms with Crippen molar-refractivity contribution < 1.29 is 65.1 Å². The van der Waals surface area contributed by atoms with E-state index in [1.807, 2.05) is 26.1 Å². The Bertz CT molecular complexity index is 3160. The van der Waals surface area contributed by atoms with Crippen LogP contribution in [0.5, 0.6) is 5.75 Å². The average Bonchev–Trinajstić information content (AvgIpc) is 1.36. The van der Waals surface area contributed by atoms with Gasteiger partial charge in [0.25, 0.3) is 0 Å². The number of fused-ring (bicyclic) bond motifs is 8. The Kier molecular flexibility index (Phi) is 17.6. The van der Waals surface area contributed by atoms with Gasteiger partial charge in [-0.15, -0.1) is 5.92 Å². The summed E-state index contributed by atoms with van der Waals surface area (Å²) in [5.74, 6) is -1.30. The first-order chi connectivity index (χ1) is 42.0. The van der Waals surface area contributed by atoms with Crippen LogP contribution in [-0.2, 0) is 19.1 Å². The molecule has 88 heavy (non-hydrogen) atoms. The van der Waals surface area contributed by atoms with Crippen molar-refractivity contribution >= 4 is 45.1 Å². The fraction of sp³-hybridized carbons (Fsp3) is 0.676. The number of aromatic nitrogens is 1. The van der Waals surface area contributed by atoms with Gasteiger partial charge >= 0.3 is 5.97 Å². The summed E-state index contributed by atoms with van der Waals surface area (Å²) in [7, 11) is 2.93. The largest absolute Gasteiger partial charge is 0.508 e. The van der Waals surface area contributed by atoms with Crippen LogP contribution in [0.2, 0.25) is 0 Å². The van der Waals surface area contributed by atoms with Crippen molar-refractivity contribution in [2.24, 2.45) is 110 Å². The van der Waals surface area contributed by atoms with Crippen LogP contribution in [0, 0.1) is 106 Å². The second kappa shape index (κ2) is 24.4. The van der Waals surface area contributed by atoms with Gasteiger partial charge < -0.3 is 72.5 Å². The van der Waals surface area contributed by atoms with Gasteiger partial charge in [0.05, 0.1) is 47.7 Å². The number of guanidine groups is 1. The number of benzene rings is 1. The Hall–Kier alpha value is -4.66. The van der Waals surface area contributed by atoms with Crippen LogP contribution in [0.1, 0.15) is 128 Å². The molecule has 2 aromatic rings. The number of aliphatic hydroxyl groups is 8. The highest BCUT2D eigenvalue weighted by Crippen LogP contribution is 2.73. The molecule has 1 aromatic heterocycles. The minimum absolute atomic E-state index is 0.00513. The molecule has 0 radical (unpaired) electrons. The lowest BCUT2D eigenvalue weighted by Crippen LogP contribution is -2.67. The number of phenolic OH excluding ortho intramolecular Hbond substituents is 1. The molecule has 2 saturated heterocycles. The molecule has 0 spiro atoms. The van der Waals surface area contributed by atoms with Crippen molar-refractivity contribution in [3.05, 3.63) is 88.9 Å². The number of carbonyl (C=O) groups excluding carboxylic acids is 3. The monoisotopic (exact) mass is 1250 g/mol. The number of Topliss-reactive ketones (excluding diaryl/α,β-unsaturated/α-hetero) is 2. The van der Waals surface area contributed by atoms with Crippen LogP contribution < -0.4 is 16.8 Å². The zero-order valence-corrected chi connectivity index (χ0v) is 52.5. The van der Waals surface area contributed by atoms with E-state index in [9.17, 15) is 55.5 Å². The number of phenols is 1. The number of aromatic hydroxyl groups is 1. The summed E-state index contributed by atoms with van der Waals surface area (Å²) in [4.78, 5) is 53.3. The number of ketones is 2. The molecule has 3 heterocycles. The van der Waals surface area contributed by atoms with Crippen LogP contribution in [0.3, 0.4) is 0 Å². The number of hydrogen-bond donors (Lipinski definition) is 13. The lowest BCUT2D eigenvalue weighted by molar-refractivity contribution is -0.201. The van der Waals surface area contributed by atoms with E-state index in [2.05, 4.69) is 52.3 Å². The zero-order chi connectivity index (χ0) is 62.5. The predicted molar refractivity (Wildman–Crippen MR) is 334 cm³/mol. The molecule has 10 aliphatic rings. The summed E-state index contributed by atoms with van der Waals surface area (Å²) in [5.41, 5.74) is 8.46. The van der Waals surface area contributed by atoms with Crippen molar-refractivity contribution in [2.75, 3.05) is 24.7 Å². The molecule has 18 nitrogen and oxygen atoms in total. The number of hydrogen-bond acceptors (Lipinski definition) is 17. The van der Waals surface area contributed by atoms with Crippen LogP contribution >= 0.6 is 21.6 Å². The second-order valence-electron chi connectivity index (χ2n) is 28.7. The maximum atomic E-state index is 16.3. The van der Waals surface area contributed by atoms with Gasteiger partial charge in [-0.3, -0.25) is 19.4 Å². The molecule has 15 N–H and O–H groups in total. The third-order valence-electron chi connectivity index (χ3n) is 24.2. The number of esters is 1. The Balaban J connectivity index is 1.06. The van der Waals surface area contributed by atoms with Gasteiger partial charge in [0.1, 0.15) is 17.9 Å². The summed E-state index contributed by atoms with van der Waals surface area (Å²) >= 11 is 0. The molecular weight excluding hydrogens is 1160 g/mol. The minimum atomic E-state index is -2.13. The number of cyclic esters (lactones) is 1. The SMILES string of the molecule is CCC1OC(=O)C(c2cc[nH]c2)C1C1C#CCC2CC3(O)C4=C5NC(CO)C(=O)CC(c6ccc(O)cc6)CSSCC6C(O)C(O)CC(C)(C4CCC3(CCN=C(N)N)C2C(C)(O)C(O)CC(C(O)O)C2C3C=CC1C2C1CC(C)CCC1=C3)C6C5=O. The lowest BCUT2D eigenvalue weighted by Gasteiger charge is -2.63. The number of ether oxygens (including phenoxy) is 1. The first-order valence-corrected chi connectivity index (χ1v) is 34.8. The highest BCUT2D eigenvalue weighted by Gasteiger charge is 2.75. The molecule has 25 unspecified atom stereocenters. The van der Waals surface area contributed by atoms with Gasteiger partial charge in [0, 0.05) is 90.1 Å². The average molecular weight is 1250 g/mol. The number of aliphatic hydroxyl groups excluding tert-OH is 5. The van der Waals surface area contributed by atoms with E-state index < -0.39 is 142 Å². The maximum absolute atomic E-state index is 16.3. The molecule has 478 valence electrons. The van der Waals surface area contributed by atoms with E-state index in [1.54, 1.807) is 37.4 Å². The minimum Gasteiger partial charge on any atom is -0.508 e. The second-order valence-corrected chi connectivity index (χ2v) is 31.2. The lowest BCUT2D eigenvalue weighted by atomic mass is 9.43. The number of nitrogens with zero attached hydrogens (tertiary/aromatic N) is 1. The summed E-state index contributed by atoms with van der Waals surface area (Å²) < 4.78 is 6.35. The van der Waals surface area contributed by atoms with Crippen LogP contribution in [0.25, 0.3) is 0 Å². The van der Waals surface area contributed by atoms with Gasteiger partial charge in [-0.25, -0.2) is 0 Å². The summed E-state index contributed by atoms with van der Waals surface area (Å²) in [5, 5.41) is 115.